The maximum absolute atomic E-state index is 11.8. The highest BCUT2D eigenvalue weighted by molar-refractivity contribution is 6.35. The molecule has 0 aromatic carbocycles. The molecular formula is C12H17NO3. The maximum atomic E-state index is 11.8. The number of ketones is 2. The van der Waals surface area contributed by atoms with E-state index < -0.39 is 17.7 Å². The molecule has 1 aliphatic heterocycles. The first-order chi connectivity index (χ1) is 7.36. The molecule has 16 heavy (non-hydrogen) atoms. The molecule has 0 saturated heterocycles. The van der Waals surface area contributed by atoms with Crippen molar-refractivity contribution in [3.63, 3.8) is 0 Å². The standard InChI is InChI=1S/C12H17NO3/c1-7-5-6-8(2)13(11(7)9(3)14)12(16)10(4)15/h5-8,11H,1-4H3. The fourth-order valence-corrected chi connectivity index (χ4v) is 2.10. The van der Waals surface area contributed by atoms with E-state index in [2.05, 4.69) is 0 Å². The average molecular weight is 223 g/mol. The van der Waals surface area contributed by atoms with Crippen molar-refractivity contribution in [2.75, 3.05) is 0 Å². The first-order valence-corrected chi connectivity index (χ1v) is 5.38. The second kappa shape index (κ2) is 4.60. The van der Waals surface area contributed by atoms with Crippen molar-refractivity contribution < 1.29 is 14.4 Å². The van der Waals surface area contributed by atoms with Crippen molar-refractivity contribution in [3.8, 4) is 0 Å². The second-order valence-electron chi connectivity index (χ2n) is 4.31. The van der Waals surface area contributed by atoms with Gasteiger partial charge < -0.3 is 4.90 Å². The zero-order valence-electron chi connectivity index (χ0n) is 10.1. The number of amides is 1. The molecule has 3 unspecified atom stereocenters. The van der Waals surface area contributed by atoms with Crippen LogP contribution in [0.4, 0.5) is 0 Å². The summed E-state index contributed by atoms with van der Waals surface area (Å²) < 4.78 is 0. The minimum absolute atomic E-state index is 0.0444. The van der Waals surface area contributed by atoms with Gasteiger partial charge in [0, 0.05) is 18.9 Å². The van der Waals surface area contributed by atoms with Crippen LogP contribution in [0, 0.1) is 5.92 Å². The van der Waals surface area contributed by atoms with Crippen LogP contribution in [0.25, 0.3) is 0 Å². The Balaban J connectivity index is 3.10. The zero-order valence-corrected chi connectivity index (χ0v) is 10.1. The van der Waals surface area contributed by atoms with E-state index in [9.17, 15) is 14.4 Å². The summed E-state index contributed by atoms with van der Waals surface area (Å²) in [5, 5.41) is 0. The topological polar surface area (TPSA) is 54.5 Å². The van der Waals surface area contributed by atoms with Crippen molar-refractivity contribution in [2.45, 2.75) is 39.8 Å². The molecule has 0 aromatic heterocycles. The summed E-state index contributed by atoms with van der Waals surface area (Å²) in [7, 11) is 0. The molecule has 88 valence electrons. The fourth-order valence-electron chi connectivity index (χ4n) is 2.10. The Morgan fingerprint density at radius 1 is 1.06 bits per heavy atom. The molecule has 3 atom stereocenters. The lowest BCUT2D eigenvalue weighted by molar-refractivity contribution is -0.149. The van der Waals surface area contributed by atoms with Crippen LogP contribution < -0.4 is 0 Å². The third-order valence-corrected chi connectivity index (χ3v) is 2.88. The molecule has 0 saturated carbocycles. The van der Waals surface area contributed by atoms with Gasteiger partial charge in [-0.2, -0.15) is 0 Å². The van der Waals surface area contributed by atoms with E-state index >= 15 is 0 Å². The van der Waals surface area contributed by atoms with Gasteiger partial charge in [-0.25, -0.2) is 0 Å². The molecule has 1 amide bonds. The lowest BCUT2D eigenvalue weighted by atomic mass is 9.90. The second-order valence-corrected chi connectivity index (χ2v) is 4.31. The number of carbonyl (C=O) groups excluding carboxylic acids is 3. The predicted octanol–water partition coefficient (Wildman–Crippen LogP) is 0.956. The van der Waals surface area contributed by atoms with E-state index in [0.717, 1.165) is 0 Å². The first-order valence-electron chi connectivity index (χ1n) is 5.38. The average Bonchev–Trinajstić information content (AvgIpc) is 2.19. The van der Waals surface area contributed by atoms with Crippen LogP contribution in [0.5, 0.6) is 0 Å². The van der Waals surface area contributed by atoms with Crippen LogP contribution in [0.3, 0.4) is 0 Å². The Morgan fingerprint density at radius 3 is 2.06 bits per heavy atom. The smallest absolute Gasteiger partial charge is 0.290 e. The van der Waals surface area contributed by atoms with Gasteiger partial charge in [0.25, 0.3) is 5.91 Å². The van der Waals surface area contributed by atoms with E-state index in [1.165, 1.54) is 18.7 Å². The summed E-state index contributed by atoms with van der Waals surface area (Å²) in [5.74, 6) is -1.24. The Labute approximate surface area is 95.3 Å². The van der Waals surface area contributed by atoms with E-state index in [-0.39, 0.29) is 17.7 Å². The van der Waals surface area contributed by atoms with Crippen LogP contribution in [0.15, 0.2) is 12.2 Å². The molecule has 0 bridgehead atoms. The maximum Gasteiger partial charge on any atom is 0.290 e. The highest BCUT2D eigenvalue weighted by Crippen LogP contribution is 2.23. The molecule has 0 aliphatic carbocycles. The SMILES string of the molecule is CC(=O)C(=O)N1C(C)C=CC(C)C1C(C)=O. The minimum Gasteiger partial charge on any atom is -0.319 e. The number of carbonyl (C=O) groups is 3. The Bertz CT molecular complexity index is 359. The normalized spacial score (nSPS) is 29.0. The van der Waals surface area contributed by atoms with E-state index in [1.54, 1.807) is 6.92 Å². The lowest BCUT2D eigenvalue weighted by Crippen LogP contribution is -2.55. The molecule has 0 spiro atoms. The van der Waals surface area contributed by atoms with Gasteiger partial charge in [-0.1, -0.05) is 19.1 Å². The zero-order chi connectivity index (χ0) is 12.5. The summed E-state index contributed by atoms with van der Waals surface area (Å²) >= 11 is 0. The molecule has 1 heterocycles. The van der Waals surface area contributed by atoms with Gasteiger partial charge >= 0.3 is 0 Å². The van der Waals surface area contributed by atoms with Gasteiger partial charge in [0.05, 0.1) is 6.04 Å². The van der Waals surface area contributed by atoms with E-state index in [0.29, 0.717) is 0 Å². The number of Topliss-reactive ketones (excluding diaryl/α,β-unsaturated/α-hetero) is 2. The fraction of sp³-hybridized carbons (Fsp3) is 0.583. The van der Waals surface area contributed by atoms with Crippen molar-refractivity contribution in [2.24, 2.45) is 5.92 Å². The van der Waals surface area contributed by atoms with Gasteiger partial charge in [0.15, 0.2) is 5.78 Å². The third-order valence-electron chi connectivity index (χ3n) is 2.88. The summed E-state index contributed by atoms with van der Waals surface area (Å²) in [6, 6.07) is -0.724. The van der Waals surface area contributed by atoms with E-state index in [1.807, 2.05) is 19.1 Å². The van der Waals surface area contributed by atoms with Crippen molar-refractivity contribution in [3.05, 3.63) is 12.2 Å². The Kier molecular flexibility index (Phi) is 3.62. The molecule has 4 heteroatoms. The Hall–Kier alpha value is -1.45. The van der Waals surface area contributed by atoms with Crippen LogP contribution >= 0.6 is 0 Å². The highest BCUT2D eigenvalue weighted by Gasteiger charge is 2.37. The van der Waals surface area contributed by atoms with Gasteiger partial charge in [0.1, 0.15) is 0 Å². The van der Waals surface area contributed by atoms with Crippen molar-refractivity contribution in [1.29, 1.82) is 0 Å². The monoisotopic (exact) mass is 223 g/mol. The summed E-state index contributed by atoms with van der Waals surface area (Å²) in [5.41, 5.74) is 0. The number of nitrogens with zero attached hydrogens (tertiary/aromatic N) is 1. The summed E-state index contributed by atoms with van der Waals surface area (Å²) in [6.45, 7) is 6.36. The molecule has 0 fully saturated rings. The summed E-state index contributed by atoms with van der Waals surface area (Å²) in [6.07, 6.45) is 3.77. The number of hydrogen-bond donors (Lipinski definition) is 0. The molecule has 1 aliphatic rings. The van der Waals surface area contributed by atoms with Crippen LogP contribution in [-0.4, -0.2) is 34.5 Å². The molecular weight excluding hydrogens is 206 g/mol. The number of hydrogen-bond acceptors (Lipinski definition) is 3. The largest absolute Gasteiger partial charge is 0.319 e. The Morgan fingerprint density at radius 2 is 1.62 bits per heavy atom. The summed E-state index contributed by atoms with van der Waals surface area (Å²) in [4.78, 5) is 35.8. The third kappa shape index (κ3) is 2.21. The number of rotatable bonds is 2. The molecule has 4 nitrogen and oxygen atoms in total. The first kappa shape index (κ1) is 12.6. The molecule has 0 radical (unpaired) electrons. The van der Waals surface area contributed by atoms with Crippen molar-refractivity contribution in [1.82, 2.24) is 4.90 Å². The van der Waals surface area contributed by atoms with Gasteiger partial charge in [-0.15, -0.1) is 0 Å². The quantitative estimate of drug-likeness (QED) is 0.517. The van der Waals surface area contributed by atoms with Gasteiger partial charge in [-0.05, 0) is 13.8 Å². The minimum atomic E-state index is -0.580. The predicted molar refractivity (Wildman–Crippen MR) is 59.8 cm³/mol. The van der Waals surface area contributed by atoms with Gasteiger partial charge in [0.2, 0.25) is 5.78 Å². The molecule has 0 N–H and O–H groups in total. The molecule has 0 aromatic rings. The van der Waals surface area contributed by atoms with E-state index in [4.69, 9.17) is 0 Å². The highest BCUT2D eigenvalue weighted by atomic mass is 16.2. The molecule has 1 rings (SSSR count). The van der Waals surface area contributed by atoms with Crippen molar-refractivity contribution >= 4 is 17.5 Å². The lowest BCUT2D eigenvalue weighted by Gasteiger charge is -2.39. The van der Waals surface area contributed by atoms with Crippen LogP contribution in [0.2, 0.25) is 0 Å². The van der Waals surface area contributed by atoms with Crippen LogP contribution in [-0.2, 0) is 14.4 Å². The van der Waals surface area contributed by atoms with Crippen LogP contribution in [0.1, 0.15) is 27.7 Å². The van der Waals surface area contributed by atoms with Gasteiger partial charge in [-0.3, -0.25) is 14.4 Å².